The molecule has 0 radical (unpaired) electrons. The lowest BCUT2D eigenvalue weighted by molar-refractivity contribution is 0.100. The molecule has 0 unspecified atom stereocenters. The van der Waals surface area contributed by atoms with Gasteiger partial charge in [0.1, 0.15) is 5.82 Å². The van der Waals surface area contributed by atoms with Crippen LogP contribution >= 0.6 is 0 Å². The summed E-state index contributed by atoms with van der Waals surface area (Å²) in [6.45, 7) is 2.93. The lowest BCUT2D eigenvalue weighted by atomic mass is 10.1. The van der Waals surface area contributed by atoms with Crippen molar-refractivity contribution in [3.05, 3.63) is 35.7 Å². The minimum Gasteiger partial charge on any atom is -0.391 e. The third kappa shape index (κ3) is 3.72. The van der Waals surface area contributed by atoms with E-state index >= 15 is 0 Å². The first-order valence-corrected chi connectivity index (χ1v) is 8.78. The van der Waals surface area contributed by atoms with Crippen LogP contribution in [0.25, 0.3) is 11.4 Å². The van der Waals surface area contributed by atoms with E-state index in [9.17, 15) is 9.90 Å². The van der Waals surface area contributed by atoms with Crippen LogP contribution in [-0.4, -0.2) is 37.9 Å². The summed E-state index contributed by atoms with van der Waals surface area (Å²) in [5.74, 6) is 1.17. The van der Waals surface area contributed by atoms with Crippen LogP contribution < -0.4 is 11.5 Å². The number of hydrogen-bond donors (Lipinski definition) is 3. The number of carbonyl (C=O) groups is 1. The summed E-state index contributed by atoms with van der Waals surface area (Å²) >= 11 is 0. The molecule has 5 N–H and O–H groups in total. The summed E-state index contributed by atoms with van der Waals surface area (Å²) in [4.78, 5) is 15.9. The maximum Gasteiger partial charge on any atom is 0.248 e. The van der Waals surface area contributed by atoms with Crippen LogP contribution in [0.3, 0.4) is 0 Å². The predicted molar refractivity (Wildman–Crippen MR) is 94.8 cm³/mol. The fourth-order valence-corrected chi connectivity index (χ4v) is 3.29. The zero-order valence-electron chi connectivity index (χ0n) is 14.4. The Kier molecular flexibility index (Phi) is 5.15. The Morgan fingerprint density at radius 3 is 2.60 bits per heavy atom. The van der Waals surface area contributed by atoms with Crippen molar-refractivity contribution in [1.29, 1.82) is 0 Å². The number of carbonyl (C=O) groups excluding carboxylic acids is 1. The van der Waals surface area contributed by atoms with E-state index in [0.29, 0.717) is 24.2 Å². The van der Waals surface area contributed by atoms with Crippen molar-refractivity contribution in [2.75, 3.05) is 0 Å². The van der Waals surface area contributed by atoms with Gasteiger partial charge in [0.2, 0.25) is 5.91 Å². The predicted octanol–water partition coefficient (Wildman–Crippen LogP) is 1.41. The quantitative estimate of drug-likeness (QED) is 0.732. The molecule has 2 aromatic rings. The van der Waals surface area contributed by atoms with Crippen molar-refractivity contribution in [3.63, 3.8) is 0 Å². The number of nitrogens with zero attached hydrogens (tertiary/aromatic N) is 3. The average Bonchev–Trinajstić information content (AvgIpc) is 3.17. The summed E-state index contributed by atoms with van der Waals surface area (Å²) in [6, 6.07) is 6.76. The smallest absolute Gasteiger partial charge is 0.248 e. The van der Waals surface area contributed by atoms with Gasteiger partial charge in [0.25, 0.3) is 0 Å². The first-order valence-electron chi connectivity index (χ1n) is 8.78. The molecule has 134 valence electrons. The molecule has 1 aromatic carbocycles. The molecular formula is C18H25N5O2. The van der Waals surface area contributed by atoms with E-state index in [1.54, 1.807) is 24.3 Å². The van der Waals surface area contributed by atoms with Gasteiger partial charge < -0.3 is 16.6 Å². The standard InChI is InChI=1S/C18H25N5O2/c1-2-3-8-23-18(13-9-14(19)15(24)10-13)21-17(22-23)12-6-4-11(5-7-12)16(20)25/h4-7,13-15,24H,2-3,8-10,19H2,1H3,(H2,20,25)/t13-,14+,15+/m0/s1. The second-order valence-corrected chi connectivity index (χ2v) is 6.71. The number of aryl methyl sites for hydroxylation is 1. The van der Waals surface area contributed by atoms with Crippen molar-refractivity contribution < 1.29 is 9.90 Å². The first kappa shape index (κ1) is 17.6. The molecule has 0 spiro atoms. The van der Waals surface area contributed by atoms with Crippen LogP contribution in [0.2, 0.25) is 0 Å². The number of aromatic nitrogens is 3. The summed E-state index contributed by atoms with van der Waals surface area (Å²) in [7, 11) is 0. The summed E-state index contributed by atoms with van der Waals surface area (Å²) in [5, 5.41) is 14.6. The van der Waals surface area contributed by atoms with Crippen molar-refractivity contribution in [1.82, 2.24) is 14.8 Å². The molecule has 1 aromatic heterocycles. The molecule has 3 rings (SSSR count). The number of rotatable bonds is 6. The lowest BCUT2D eigenvalue weighted by Gasteiger charge is -2.10. The highest BCUT2D eigenvalue weighted by molar-refractivity contribution is 5.93. The highest BCUT2D eigenvalue weighted by Gasteiger charge is 2.34. The van der Waals surface area contributed by atoms with E-state index < -0.39 is 12.0 Å². The topological polar surface area (TPSA) is 120 Å². The minimum absolute atomic E-state index is 0.119. The number of primary amides is 1. The number of aliphatic hydroxyl groups is 1. The monoisotopic (exact) mass is 343 g/mol. The molecule has 0 saturated heterocycles. The van der Waals surface area contributed by atoms with Gasteiger partial charge >= 0.3 is 0 Å². The largest absolute Gasteiger partial charge is 0.391 e. The second kappa shape index (κ2) is 7.33. The maximum atomic E-state index is 11.2. The Bertz CT molecular complexity index is 730. The molecule has 1 amide bonds. The van der Waals surface area contributed by atoms with Gasteiger partial charge in [0, 0.05) is 29.6 Å². The SMILES string of the molecule is CCCCn1nc(-c2ccc(C(N)=O)cc2)nc1[C@H]1C[C@@H](N)[C@H](O)C1. The van der Waals surface area contributed by atoms with Crippen molar-refractivity contribution in [3.8, 4) is 11.4 Å². The molecule has 1 fully saturated rings. The van der Waals surface area contributed by atoms with Crippen molar-refractivity contribution >= 4 is 5.91 Å². The molecule has 7 nitrogen and oxygen atoms in total. The highest BCUT2D eigenvalue weighted by atomic mass is 16.3. The normalized spacial score (nSPS) is 23.1. The third-order valence-corrected chi connectivity index (χ3v) is 4.79. The zero-order chi connectivity index (χ0) is 18.0. The number of aliphatic hydroxyl groups excluding tert-OH is 1. The second-order valence-electron chi connectivity index (χ2n) is 6.71. The molecule has 1 aliphatic rings. The van der Waals surface area contributed by atoms with Gasteiger partial charge in [-0.2, -0.15) is 5.10 Å². The van der Waals surface area contributed by atoms with Gasteiger partial charge in [-0.15, -0.1) is 0 Å². The molecule has 3 atom stereocenters. The Morgan fingerprint density at radius 1 is 1.32 bits per heavy atom. The first-order chi connectivity index (χ1) is 12.0. The Balaban J connectivity index is 1.91. The van der Waals surface area contributed by atoms with Crippen LogP contribution in [0.4, 0.5) is 0 Å². The van der Waals surface area contributed by atoms with Crippen LogP contribution in [0.5, 0.6) is 0 Å². The van der Waals surface area contributed by atoms with E-state index in [4.69, 9.17) is 16.5 Å². The molecule has 0 bridgehead atoms. The Hall–Kier alpha value is -2.25. The highest BCUT2D eigenvalue weighted by Crippen LogP contribution is 2.34. The summed E-state index contributed by atoms with van der Waals surface area (Å²) < 4.78 is 1.94. The summed E-state index contributed by atoms with van der Waals surface area (Å²) in [6.07, 6.45) is 2.92. The van der Waals surface area contributed by atoms with Gasteiger partial charge in [-0.3, -0.25) is 4.79 Å². The fourth-order valence-electron chi connectivity index (χ4n) is 3.29. The maximum absolute atomic E-state index is 11.2. The fraction of sp³-hybridized carbons (Fsp3) is 0.500. The number of hydrogen-bond acceptors (Lipinski definition) is 5. The van der Waals surface area contributed by atoms with Gasteiger partial charge in [0.05, 0.1) is 6.10 Å². The number of nitrogens with two attached hydrogens (primary N) is 2. The van der Waals surface area contributed by atoms with Crippen molar-refractivity contribution in [2.24, 2.45) is 11.5 Å². The minimum atomic E-state index is -0.486. The van der Waals surface area contributed by atoms with Crippen LogP contribution in [0.1, 0.15) is 54.7 Å². The van der Waals surface area contributed by atoms with E-state index in [0.717, 1.165) is 30.8 Å². The van der Waals surface area contributed by atoms with Crippen molar-refractivity contribution in [2.45, 2.75) is 57.2 Å². The molecule has 1 aliphatic carbocycles. The van der Waals surface area contributed by atoms with Gasteiger partial charge in [-0.1, -0.05) is 25.5 Å². The van der Waals surface area contributed by atoms with Crippen LogP contribution in [0, 0.1) is 0 Å². The zero-order valence-corrected chi connectivity index (χ0v) is 14.4. The third-order valence-electron chi connectivity index (χ3n) is 4.79. The van der Waals surface area contributed by atoms with E-state index in [-0.39, 0.29) is 12.0 Å². The van der Waals surface area contributed by atoms with Crippen LogP contribution in [-0.2, 0) is 6.54 Å². The number of benzene rings is 1. The lowest BCUT2D eigenvalue weighted by Crippen LogP contribution is -2.28. The molecule has 25 heavy (non-hydrogen) atoms. The number of unbranched alkanes of at least 4 members (excludes halogenated alkanes) is 1. The summed E-state index contributed by atoms with van der Waals surface area (Å²) in [5.41, 5.74) is 12.5. The molecular weight excluding hydrogens is 318 g/mol. The van der Waals surface area contributed by atoms with Gasteiger partial charge in [0.15, 0.2) is 5.82 Å². The van der Waals surface area contributed by atoms with Gasteiger partial charge in [-0.05, 0) is 31.4 Å². The molecule has 0 aliphatic heterocycles. The Labute approximate surface area is 147 Å². The molecule has 1 saturated carbocycles. The van der Waals surface area contributed by atoms with E-state index in [1.807, 2.05) is 4.68 Å². The van der Waals surface area contributed by atoms with Crippen LogP contribution in [0.15, 0.2) is 24.3 Å². The number of amides is 1. The Morgan fingerprint density at radius 2 is 2.04 bits per heavy atom. The van der Waals surface area contributed by atoms with Gasteiger partial charge in [-0.25, -0.2) is 9.67 Å². The average molecular weight is 343 g/mol. The molecule has 7 heteroatoms. The van der Waals surface area contributed by atoms with E-state index in [2.05, 4.69) is 12.0 Å². The van der Waals surface area contributed by atoms with E-state index in [1.165, 1.54) is 0 Å². The molecule has 1 heterocycles.